The third kappa shape index (κ3) is 5.86. The van der Waals surface area contributed by atoms with Crippen molar-refractivity contribution in [1.82, 2.24) is 14.0 Å². The molecule has 0 spiro atoms. The summed E-state index contributed by atoms with van der Waals surface area (Å²) < 4.78 is 9.97. The van der Waals surface area contributed by atoms with Crippen molar-refractivity contribution in [3.05, 3.63) is 52.7 Å². The van der Waals surface area contributed by atoms with E-state index in [1.165, 1.54) is 37.7 Å². The number of rotatable bonds is 9. The smallest absolute Gasteiger partial charge is 0.328 e. The van der Waals surface area contributed by atoms with Crippen LogP contribution in [0.25, 0.3) is 0 Å². The molecule has 0 bridgehead atoms. The summed E-state index contributed by atoms with van der Waals surface area (Å²) in [6, 6.07) is 9.00. The fourth-order valence-electron chi connectivity index (χ4n) is 5.50. The van der Waals surface area contributed by atoms with Crippen molar-refractivity contribution >= 4 is 0 Å². The Hall–Kier alpha value is -2.01. The SMILES string of the molecule is CC(C)Oc1ccccc1C1CCN(CCCCn2ccn(C3CCCCC3)c2=O)CC1. The van der Waals surface area contributed by atoms with Crippen LogP contribution in [0.4, 0.5) is 0 Å². The molecular formula is C27H41N3O2. The third-order valence-electron chi connectivity index (χ3n) is 7.27. The van der Waals surface area contributed by atoms with E-state index in [9.17, 15) is 4.79 Å². The maximum atomic E-state index is 12.7. The molecule has 0 amide bonds. The number of unbranched alkanes of at least 4 members (excludes halogenated alkanes) is 1. The molecule has 1 aliphatic heterocycles. The Morgan fingerprint density at radius 1 is 0.938 bits per heavy atom. The molecule has 4 rings (SSSR count). The summed E-state index contributed by atoms with van der Waals surface area (Å²) in [5.41, 5.74) is 1.57. The summed E-state index contributed by atoms with van der Waals surface area (Å²) in [7, 11) is 0. The lowest BCUT2D eigenvalue weighted by Crippen LogP contribution is -2.34. The molecule has 0 unspecified atom stereocenters. The number of hydrogen-bond acceptors (Lipinski definition) is 3. The first kappa shape index (κ1) is 23.2. The van der Waals surface area contributed by atoms with Crippen LogP contribution in [0.3, 0.4) is 0 Å². The zero-order valence-corrected chi connectivity index (χ0v) is 20.0. The van der Waals surface area contributed by atoms with E-state index >= 15 is 0 Å². The number of nitrogens with zero attached hydrogens (tertiary/aromatic N) is 3. The molecule has 0 atom stereocenters. The van der Waals surface area contributed by atoms with E-state index in [2.05, 4.69) is 43.0 Å². The topological polar surface area (TPSA) is 39.4 Å². The van der Waals surface area contributed by atoms with Gasteiger partial charge in [-0.3, -0.25) is 9.13 Å². The highest BCUT2D eigenvalue weighted by Crippen LogP contribution is 2.34. The van der Waals surface area contributed by atoms with Gasteiger partial charge in [0.25, 0.3) is 0 Å². The van der Waals surface area contributed by atoms with Gasteiger partial charge >= 0.3 is 5.69 Å². The minimum Gasteiger partial charge on any atom is -0.491 e. The van der Waals surface area contributed by atoms with Crippen LogP contribution in [-0.2, 0) is 6.54 Å². The fourth-order valence-corrected chi connectivity index (χ4v) is 5.50. The predicted octanol–water partition coefficient (Wildman–Crippen LogP) is 5.60. The average Bonchev–Trinajstić information content (AvgIpc) is 3.18. The summed E-state index contributed by atoms with van der Waals surface area (Å²) in [6.07, 6.45) is 15.0. The number of aromatic nitrogens is 2. The lowest BCUT2D eigenvalue weighted by molar-refractivity contribution is 0.200. The second-order valence-corrected chi connectivity index (χ2v) is 10.0. The number of benzene rings is 1. The highest BCUT2D eigenvalue weighted by Gasteiger charge is 2.23. The maximum absolute atomic E-state index is 12.7. The van der Waals surface area contributed by atoms with Gasteiger partial charge in [0.05, 0.1) is 6.10 Å². The Balaban J connectivity index is 1.20. The zero-order chi connectivity index (χ0) is 22.3. The van der Waals surface area contributed by atoms with Crippen LogP contribution < -0.4 is 10.4 Å². The van der Waals surface area contributed by atoms with E-state index in [1.54, 1.807) is 0 Å². The highest BCUT2D eigenvalue weighted by molar-refractivity contribution is 5.36. The van der Waals surface area contributed by atoms with Crippen LogP contribution in [0.2, 0.25) is 0 Å². The average molecular weight is 440 g/mol. The van der Waals surface area contributed by atoms with Gasteiger partial charge in [0.2, 0.25) is 0 Å². The van der Waals surface area contributed by atoms with Gasteiger partial charge in [-0.25, -0.2) is 4.79 Å². The van der Waals surface area contributed by atoms with Crippen molar-refractivity contribution < 1.29 is 4.74 Å². The first-order valence-electron chi connectivity index (χ1n) is 12.9. The number of aryl methyl sites for hydroxylation is 1. The number of likely N-dealkylation sites (tertiary alicyclic amines) is 1. The molecule has 2 fully saturated rings. The van der Waals surface area contributed by atoms with Gasteiger partial charge in [-0.15, -0.1) is 0 Å². The molecule has 2 heterocycles. The molecule has 5 nitrogen and oxygen atoms in total. The highest BCUT2D eigenvalue weighted by atomic mass is 16.5. The lowest BCUT2D eigenvalue weighted by atomic mass is 9.88. The number of imidazole rings is 1. The van der Waals surface area contributed by atoms with Gasteiger partial charge in [0.1, 0.15) is 5.75 Å². The molecule has 1 aromatic carbocycles. The van der Waals surface area contributed by atoms with Crippen molar-refractivity contribution in [3.63, 3.8) is 0 Å². The van der Waals surface area contributed by atoms with E-state index in [-0.39, 0.29) is 11.8 Å². The number of piperidine rings is 1. The molecule has 32 heavy (non-hydrogen) atoms. The van der Waals surface area contributed by atoms with Crippen LogP contribution in [0.5, 0.6) is 5.75 Å². The molecule has 176 valence electrons. The molecule has 0 radical (unpaired) electrons. The lowest BCUT2D eigenvalue weighted by Gasteiger charge is -2.33. The number of para-hydroxylation sites is 1. The van der Waals surface area contributed by atoms with Gasteiger partial charge < -0.3 is 9.64 Å². The van der Waals surface area contributed by atoms with Crippen molar-refractivity contribution in [1.29, 1.82) is 0 Å². The normalized spacial score (nSPS) is 19.0. The van der Waals surface area contributed by atoms with E-state index in [4.69, 9.17) is 4.74 Å². The van der Waals surface area contributed by atoms with E-state index in [0.29, 0.717) is 12.0 Å². The quantitative estimate of drug-likeness (QED) is 0.477. The van der Waals surface area contributed by atoms with Gasteiger partial charge in [-0.2, -0.15) is 0 Å². The summed E-state index contributed by atoms with van der Waals surface area (Å²) in [4.78, 5) is 15.3. The van der Waals surface area contributed by atoms with Crippen LogP contribution in [-0.4, -0.2) is 39.8 Å². The summed E-state index contributed by atoms with van der Waals surface area (Å²) >= 11 is 0. The Morgan fingerprint density at radius 3 is 2.41 bits per heavy atom. The monoisotopic (exact) mass is 439 g/mol. The molecule has 1 saturated carbocycles. The Kier molecular flexibility index (Phi) is 8.12. The van der Waals surface area contributed by atoms with E-state index < -0.39 is 0 Å². The van der Waals surface area contributed by atoms with Crippen LogP contribution in [0, 0.1) is 0 Å². The molecule has 2 aromatic rings. The molecular weight excluding hydrogens is 398 g/mol. The van der Waals surface area contributed by atoms with Crippen molar-refractivity contribution in [2.45, 2.75) is 96.2 Å². The van der Waals surface area contributed by atoms with Gasteiger partial charge in [-0.05, 0) is 89.6 Å². The third-order valence-corrected chi connectivity index (χ3v) is 7.27. The van der Waals surface area contributed by atoms with Crippen LogP contribution in [0.1, 0.15) is 89.2 Å². The largest absolute Gasteiger partial charge is 0.491 e. The zero-order valence-electron chi connectivity index (χ0n) is 20.0. The minimum atomic E-state index is 0.194. The van der Waals surface area contributed by atoms with Crippen molar-refractivity contribution in [2.75, 3.05) is 19.6 Å². The number of hydrogen-bond donors (Lipinski definition) is 0. The van der Waals surface area contributed by atoms with Crippen molar-refractivity contribution in [2.24, 2.45) is 0 Å². The van der Waals surface area contributed by atoms with Crippen LogP contribution in [0.15, 0.2) is 41.5 Å². The second kappa shape index (κ2) is 11.2. The predicted molar refractivity (Wildman–Crippen MR) is 131 cm³/mol. The standard InChI is InChI=1S/C27H41N3O2/c1-22(2)32-26-13-7-6-12-25(26)23-14-18-28(19-15-23)16-8-9-17-29-20-21-30(27(29)31)24-10-4-3-5-11-24/h6-7,12-13,20-24H,3-5,8-11,14-19H2,1-2H3. The van der Waals surface area contributed by atoms with Crippen molar-refractivity contribution in [3.8, 4) is 5.75 Å². The van der Waals surface area contributed by atoms with Gasteiger partial charge in [-0.1, -0.05) is 37.5 Å². The van der Waals surface area contributed by atoms with E-state index in [1.807, 2.05) is 21.5 Å². The van der Waals surface area contributed by atoms with Crippen LogP contribution >= 0.6 is 0 Å². The maximum Gasteiger partial charge on any atom is 0.328 e. The Morgan fingerprint density at radius 2 is 1.66 bits per heavy atom. The summed E-state index contributed by atoms with van der Waals surface area (Å²) in [5, 5.41) is 0. The molecule has 5 heteroatoms. The molecule has 1 aliphatic carbocycles. The summed E-state index contributed by atoms with van der Waals surface area (Å²) in [6.45, 7) is 8.47. The number of ether oxygens (including phenoxy) is 1. The van der Waals surface area contributed by atoms with E-state index in [0.717, 1.165) is 57.6 Å². The molecule has 1 saturated heterocycles. The van der Waals surface area contributed by atoms with Gasteiger partial charge in [0.15, 0.2) is 0 Å². The minimum absolute atomic E-state index is 0.194. The molecule has 2 aliphatic rings. The fraction of sp³-hybridized carbons (Fsp3) is 0.667. The van der Waals surface area contributed by atoms with Gasteiger partial charge in [0, 0.05) is 25.0 Å². The Bertz CT molecular complexity index is 886. The Labute approximate surface area is 193 Å². The first-order valence-corrected chi connectivity index (χ1v) is 12.9. The summed E-state index contributed by atoms with van der Waals surface area (Å²) in [5.74, 6) is 1.66. The molecule has 0 N–H and O–H groups in total. The first-order chi connectivity index (χ1) is 15.6. The molecule has 1 aromatic heterocycles. The second-order valence-electron chi connectivity index (χ2n) is 10.0.